The molecule has 0 aromatic heterocycles. The molecule has 0 bridgehead atoms. The quantitative estimate of drug-likeness (QED) is 0.906. The lowest BCUT2D eigenvalue weighted by Crippen LogP contribution is -2.34. The highest BCUT2D eigenvalue weighted by molar-refractivity contribution is 7.84. The molecule has 1 N–H and O–H groups in total. The van der Waals surface area contributed by atoms with Gasteiger partial charge in [-0.25, -0.2) is 4.79 Å². The van der Waals surface area contributed by atoms with E-state index in [1.807, 2.05) is 0 Å². The Kier molecular flexibility index (Phi) is 5.97. The Hall–Kier alpha value is -1.40. The first-order chi connectivity index (χ1) is 10.5. The zero-order valence-corrected chi connectivity index (χ0v) is 14.2. The van der Waals surface area contributed by atoms with E-state index in [9.17, 15) is 9.00 Å². The number of carbonyl (C=O) groups excluding carboxylic acids is 1. The predicted octanol–water partition coefficient (Wildman–Crippen LogP) is 2.70. The van der Waals surface area contributed by atoms with Crippen LogP contribution in [0.15, 0.2) is 29.2 Å². The van der Waals surface area contributed by atoms with Gasteiger partial charge in [-0.15, -0.1) is 0 Å². The topological polar surface area (TPSA) is 58.6 Å². The molecule has 1 aromatic rings. The molecule has 0 spiro atoms. The first-order valence-electron chi connectivity index (χ1n) is 7.56. The fraction of sp³-hybridized carbons (Fsp3) is 0.562. The van der Waals surface area contributed by atoms with Crippen molar-refractivity contribution in [3.05, 3.63) is 24.3 Å². The molecule has 1 aromatic carbocycles. The average Bonchev–Trinajstić information content (AvgIpc) is 2.94. The minimum absolute atomic E-state index is 0.110. The van der Waals surface area contributed by atoms with Gasteiger partial charge in [-0.05, 0) is 36.6 Å². The number of nitrogens with one attached hydrogen (secondary N) is 1. The van der Waals surface area contributed by atoms with E-state index in [4.69, 9.17) is 4.74 Å². The zero-order chi connectivity index (χ0) is 16.1. The summed E-state index contributed by atoms with van der Waals surface area (Å²) in [6.07, 6.45) is 2.65. The van der Waals surface area contributed by atoms with Crippen LogP contribution in [0.1, 0.15) is 20.3 Å². The van der Waals surface area contributed by atoms with Crippen molar-refractivity contribution in [2.45, 2.75) is 31.3 Å². The maximum atomic E-state index is 12.2. The first-order valence-corrected chi connectivity index (χ1v) is 9.12. The van der Waals surface area contributed by atoms with Gasteiger partial charge in [-0.1, -0.05) is 13.8 Å². The normalized spacial score (nSPS) is 19.5. The molecule has 1 fully saturated rings. The molecule has 0 radical (unpaired) electrons. The number of benzene rings is 1. The lowest BCUT2D eigenvalue weighted by molar-refractivity contribution is 0.0440. The smallest absolute Gasteiger partial charge is 0.321 e. The number of hydrogen-bond acceptors (Lipinski definition) is 3. The second-order valence-corrected chi connectivity index (χ2v) is 7.37. The van der Waals surface area contributed by atoms with Gasteiger partial charge in [0, 0.05) is 47.3 Å². The molecule has 5 nitrogen and oxygen atoms in total. The molecule has 1 saturated heterocycles. The van der Waals surface area contributed by atoms with Crippen molar-refractivity contribution in [2.75, 3.05) is 31.3 Å². The molecular weight excluding hydrogens is 300 g/mol. The Morgan fingerprint density at radius 1 is 1.41 bits per heavy atom. The minimum atomic E-state index is -1.00. The molecular formula is C16H24N2O3S. The van der Waals surface area contributed by atoms with E-state index in [0.29, 0.717) is 24.7 Å². The highest BCUT2D eigenvalue weighted by atomic mass is 32.2. The standard InChI is InChI=1S/C16H24N2O3S/c1-12(2)11-21-14-8-9-18(10-14)16(19)17-13-4-6-15(7-5-13)22(3)20/h4-7,12,14H,8-11H2,1-3H3,(H,17,19). The number of amides is 2. The second kappa shape index (κ2) is 7.74. The fourth-order valence-electron chi connectivity index (χ4n) is 2.31. The number of anilines is 1. The molecule has 2 rings (SSSR count). The van der Waals surface area contributed by atoms with Crippen molar-refractivity contribution in [3.8, 4) is 0 Å². The Morgan fingerprint density at radius 2 is 2.09 bits per heavy atom. The van der Waals surface area contributed by atoms with Crippen LogP contribution in [0.25, 0.3) is 0 Å². The van der Waals surface area contributed by atoms with E-state index in [-0.39, 0.29) is 12.1 Å². The van der Waals surface area contributed by atoms with Crippen molar-refractivity contribution in [1.29, 1.82) is 0 Å². The fourth-order valence-corrected chi connectivity index (χ4v) is 2.83. The Labute approximate surface area is 134 Å². The Morgan fingerprint density at radius 3 is 2.68 bits per heavy atom. The second-order valence-electron chi connectivity index (χ2n) is 5.99. The number of hydrogen-bond donors (Lipinski definition) is 1. The number of likely N-dealkylation sites (tertiary alicyclic amines) is 1. The molecule has 1 aliphatic rings. The number of urea groups is 1. The van der Waals surface area contributed by atoms with E-state index in [1.165, 1.54) is 0 Å². The minimum Gasteiger partial charge on any atom is -0.376 e. The summed E-state index contributed by atoms with van der Waals surface area (Å²) < 4.78 is 17.1. The maximum Gasteiger partial charge on any atom is 0.321 e. The van der Waals surface area contributed by atoms with E-state index < -0.39 is 10.8 Å². The molecule has 1 aliphatic heterocycles. The van der Waals surface area contributed by atoms with Gasteiger partial charge in [0.1, 0.15) is 0 Å². The van der Waals surface area contributed by atoms with Crippen molar-refractivity contribution in [1.82, 2.24) is 4.90 Å². The lowest BCUT2D eigenvalue weighted by Gasteiger charge is -2.18. The summed E-state index contributed by atoms with van der Waals surface area (Å²) in [6.45, 7) is 6.32. The summed E-state index contributed by atoms with van der Waals surface area (Å²) in [5, 5.41) is 2.87. The van der Waals surface area contributed by atoms with Gasteiger partial charge in [0.2, 0.25) is 0 Å². The molecule has 1 heterocycles. The molecule has 2 unspecified atom stereocenters. The lowest BCUT2D eigenvalue weighted by atomic mass is 10.2. The highest BCUT2D eigenvalue weighted by Gasteiger charge is 2.26. The van der Waals surface area contributed by atoms with Crippen LogP contribution >= 0.6 is 0 Å². The van der Waals surface area contributed by atoms with E-state index in [0.717, 1.165) is 17.9 Å². The van der Waals surface area contributed by atoms with Crippen LogP contribution < -0.4 is 5.32 Å². The van der Waals surface area contributed by atoms with Gasteiger partial charge >= 0.3 is 6.03 Å². The van der Waals surface area contributed by atoms with Crippen LogP contribution in [0.3, 0.4) is 0 Å². The van der Waals surface area contributed by atoms with Crippen molar-refractivity contribution >= 4 is 22.5 Å². The van der Waals surface area contributed by atoms with Crippen LogP contribution in [-0.2, 0) is 15.5 Å². The monoisotopic (exact) mass is 324 g/mol. The van der Waals surface area contributed by atoms with Gasteiger partial charge in [0.05, 0.1) is 6.10 Å². The summed E-state index contributed by atoms with van der Waals surface area (Å²) in [7, 11) is -1.00. The van der Waals surface area contributed by atoms with Crippen molar-refractivity contribution < 1.29 is 13.7 Å². The molecule has 2 amide bonds. The summed E-state index contributed by atoms with van der Waals surface area (Å²) in [4.78, 5) is 14.7. The SMILES string of the molecule is CC(C)COC1CCN(C(=O)Nc2ccc(S(C)=O)cc2)C1. The molecule has 0 saturated carbocycles. The van der Waals surface area contributed by atoms with Crippen LogP contribution in [0.2, 0.25) is 0 Å². The van der Waals surface area contributed by atoms with Crippen LogP contribution in [0, 0.1) is 5.92 Å². The highest BCUT2D eigenvalue weighted by Crippen LogP contribution is 2.17. The number of nitrogens with zero attached hydrogens (tertiary/aromatic N) is 1. The average molecular weight is 324 g/mol. The van der Waals surface area contributed by atoms with Crippen molar-refractivity contribution in [3.63, 3.8) is 0 Å². The summed E-state index contributed by atoms with van der Waals surface area (Å²) >= 11 is 0. The van der Waals surface area contributed by atoms with Gasteiger partial charge in [-0.3, -0.25) is 4.21 Å². The molecule has 0 aliphatic carbocycles. The summed E-state index contributed by atoms with van der Waals surface area (Å²) in [6, 6.07) is 6.98. The van der Waals surface area contributed by atoms with Crippen LogP contribution in [0.5, 0.6) is 0 Å². The van der Waals surface area contributed by atoms with E-state index >= 15 is 0 Å². The third-order valence-corrected chi connectivity index (χ3v) is 4.47. The van der Waals surface area contributed by atoms with Gasteiger partial charge in [0.25, 0.3) is 0 Å². The number of rotatable bonds is 5. The Bertz CT molecular complexity index is 531. The van der Waals surface area contributed by atoms with Crippen molar-refractivity contribution in [2.24, 2.45) is 5.92 Å². The summed E-state index contributed by atoms with van der Waals surface area (Å²) in [5.41, 5.74) is 0.714. The molecule has 122 valence electrons. The zero-order valence-electron chi connectivity index (χ0n) is 13.4. The van der Waals surface area contributed by atoms with E-state index in [1.54, 1.807) is 35.4 Å². The third kappa shape index (κ3) is 4.81. The van der Waals surface area contributed by atoms with Gasteiger partial charge in [-0.2, -0.15) is 0 Å². The number of ether oxygens (including phenoxy) is 1. The number of carbonyl (C=O) groups is 1. The predicted molar refractivity (Wildman–Crippen MR) is 88.6 cm³/mol. The summed E-state index contributed by atoms with van der Waals surface area (Å²) in [5.74, 6) is 0.505. The molecule has 6 heteroatoms. The van der Waals surface area contributed by atoms with Crippen LogP contribution in [-0.4, -0.2) is 47.2 Å². The van der Waals surface area contributed by atoms with E-state index in [2.05, 4.69) is 19.2 Å². The third-order valence-electron chi connectivity index (χ3n) is 3.54. The van der Waals surface area contributed by atoms with Gasteiger partial charge in [0.15, 0.2) is 0 Å². The largest absolute Gasteiger partial charge is 0.376 e. The molecule has 22 heavy (non-hydrogen) atoms. The van der Waals surface area contributed by atoms with Crippen LogP contribution in [0.4, 0.5) is 10.5 Å². The Balaban J connectivity index is 1.84. The maximum absolute atomic E-state index is 12.2. The molecule has 2 atom stereocenters. The van der Waals surface area contributed by atoms with Gasteiger partial charge < -0.3 is 15.0 Å². The first kappa shape index (κ1) is 17.0.